The molecule has 2 fully saturated rings. The predicted octanol–water partition coefficient (Wildman–Crippen LogP) is 9.07. The number of hydrogen-bond acceptors (Lipinski definition) is 4. The standard InChI is InChI=1S/C31H34F2N4.C5H12/c1-20-6-4-5-7-30(20)37(28-9-10-28)22(3)36-14-12-26(13-15-36)35-27-8-11-29(21(2)16-27)31(34)23-17-24(32)19-25(33)18-23;1-4-5(2)3/h4-8,11,16-19,26,28,34-35H,3,9-10,12-15H2,1-2H3;5H,4H2,1-3H3. The van der Waals surface area contributed by atoms with Crippen LogP contribution < -0.4 is 10.2 Å². The van der Waals surface area contributed by atoms with Gasteiger partial charge >= 0.3 is 0 Å². The van der Waals surface area contributed by atoms with Crippen molar-refractivity contribution in [2.45, 2.75) is 78.8 Å². The van der Waals surface area contributed by atoms with Crippen molar-refractivity contribution in [3.63, 3.8) is 0 Å². The highest BCUT2D eigenvalue weighted by atomic mass is 19.1. The molecule has 0 aromatic heterocycles. The topological polar surface area (TPSA) is 42.4 Å². The van der Waals surface area contributed by atoms with Gasteiger partial charge in [0.25, 0.3) is 0 Å². The first-order valence-electron chi connectivity index (χ1n) is 15.3. The zero-order valence-electron chi connectivity index (χ0n) is 25.8. The first-order valence-corrected chi connectivity index (χ1v) is 15.3. The minimum Gasteiger partial charge on any atom is -0.382 e. The number of aryl methyl sites for hydroxylation is 2. The van der Waals surface area contributed by atoms with Crippen LogP contribution in [0.3, 0.4) is 0 Å². The maximum Gasteiger partial charge on any atom is 0.126 e. The zero-order valence-corrected chi connectivity index (χ0v) is 25.8. The van der Waals surface area contributed by atoms with Crippen LogP contribution in [0.25, 0.3) is 0 Å². The molecule has 2 aliphatic rings. The predicted molar refractivity (Wildman–Crippen MR) is 173 cm³/mol. The lowest BCUT2D eigenvalue weighted by molar-refractivity contribution is 0.265. The summed E-state index contributed by atoms with van der Waals surface area (Å²) in [6, 6.07) is 18.5. The van der Waals surface area contributed by atoms with Crippen LogP contribution in [0, 0.1) is 36.8 Å². The van der Waals surface area contributed by atoms with E-state index < -0.39 is 11.6 Å². The van der Waals surface area contributed by atoms with Gasteiger partial charge in [0.2, 0.25) is 0 Å². The number of nitrogens with zero attached hydrogens (tertiary/aromatic N) is 2. The number of para-hydroxylation sites is 1. The molecule has 1 aliphatic heterocycles. The van der Waals surface area contributed by atoms with Crippen molar-refractivity contribution in [1.29, 1.82) is 5.41 Å². The molecule has 4 nitrogen and oxygen atoms in total. The van der Waals surface area contributed by atoms with E-state index >= 15 is 0 Å². The van der Waals surface area contributed by atoms with Crippen LogP contribution in [0.2, 0.25) is 0 Å². The highest BCUT2D eigenvalue weighted by molar-refractivity contribution is 6.11. The van der Waals surface area contributed by atoms with Crippen LogP contribution in [0.1, 0.15) is 75.1 Å². The van der Waals surface area contributed by atoms with Gasteiger partial charge in [-0.15, -0.1) is 0 Å². The van der Waals surface area contributed by atoms with Gasteiger partial charge in [0.1, 0.15) is 17.5 Å². The van der Waals surface area contributed by atoms with Gasteiger partial charge in [0.05, 0.1) is 5.71 Å². The number of hydrogen-bond donors (Lipinski definition) is 2. The normalized spacial score (nSPS) is 15.2. The van der Waals surface area contributed by atoms with Crippen LogP contribution in [0.4, 0.5) is 20.2 Å². The van der Waals surface area contributed by atoms with Crippen LogP contribution >= 0.6 is 0 Å². The Morgan fingerprint density at radius 3 is 2.12 bits per heavy atom. The molecular weight excluding hydrogens is 526 g/mol. The van der Waals surface area contributed by atoms with Gasteiger partial charge in [-0.05, 0) is 86.9 Å². The summed E-state index contributed by atoms with van der Waals surface area (Å²) in [5.41, 5.74) is 5.44. The van der Waals surface area contributed by atoms with Crippen molar-refractivity contribution in [2.24, 2.45) is 5.92 Å². The molecule has 1 saturated carbocycles. The number of rotatable bonds is 9. The van der Waals surface area contributed by atoms with Crippen molar-refractivity contribution >= 4 is 17.1 Å². The quantitative estimate of drug-likeness (QED) is 0.251. The van der Waals surface area contributed by atoms with Gasteiger partial charge in [0.15, 0.2) is 0 Å². The second-order valence-corrected chi connectivity index (χ2v) is 12.1. The Morgan fingerprint density at radius 1 is 0.952 bits per heavy atom. The van der Waals surface area contributed by atoms with Gasteiger partial charge in [-0.2, -0.15) is 0 Å². The molecule has 3 aromatic carbocycles. The highest BCUT2D eigenvalue weighted by Crippen LogP contribution is 2.37. The summed E-state index contributed by atoms with van der Waals surface area (Å²) in [4.78, 5) is 4.85. The van der Waals surface area contributed by atoms with E-state index in [4.69, 9.17) is 5.41 Å². The highest BCUT2D eigenvalue weighted by Gasteiger charge is 2.34. The Labute approximate surface area is 251 Å². The molecule has 6 heteroatoms. The largest absolute Gasteiger partial charge is 0.382 e. The van der Waals surface area contributed by atoms with Gasteiger partial charge in [-0.25, -0.2) is 8.78 Å². The van der Waals surface area contributed by atoms with Crippen LogP contribution in [-0.2, 0) is 0 Å². The lowest BCUT2D eigenvalue weighted by Crippen LogP contribution is -2.43. The molecule has 0 bridgehead atoms. The Morgan fingerprint density at radius 2 is 1.57 bits per heavy atom. The van der Waals surface area contributed by atoms with E-state index in [2.05, 4.69) is 73.7 Å². The molecule has 0 spiro atoms. The number of likely N-dealkylation sites (tertiary alicyclic amines) is 1. The third-order valence-electron chi connectivity index (χ3n) is 8.26. The summed E-state index contributed by atoms with van der Waals surface area (Å²) >= 11 is 0. The van der Waals surface area contributed by atoms with E-state index in [1.807, 2.05) is 25.1 Å². The molecule has 0 radical (unpaired) electrons. The number of anilines is 2. The summed E-state index contributed by atoms with van der Waals surface area (Å²) in [6.45, 7) is 17.1. The molecule has 1 heterocycles. The first kappa shape index (κ1) is 31.3. The molecule has 3 aromatic rings. The molecule has 2 N–H and O–H groups in total. The van der Waals surface area contributed by atoms with E-state index in [0.717, 1.165) is 55.0 Å². The minimum atomic E-state index is -0.677. The van der Waals surface area contributed by atoms with E-state index in [9.17, 15) is 8.78 Å². The van der Waals surface area contributed by atoms with Crippen LogP contribution in [-0.4, -0.2) is 35.8 Å². The van der Waals surface area contributed by atoms with Crippen molar-refractivity contribution in [3.8, 4) is 0 Å². The molecule has 0 unspecified atom stereocenters. The minimum absolute atomic E-state index is 0.114. The van der Waals surface area contributed by atoms with Crippen molar-refractivity contribution in [1.82, 2.24) is 4.90 Å². The lowest BCUT2D eigenvalue weighted by Gasteiger charge is -2.40. The maximum absolute atomic E-state index is 13.6. The van der Waals surface area contributed by atoms with Gasteiger partial charge in [-0.1, -0.05) is 58.0 Å². The van der Waals surface area contributed by atoms with E-state index in [1.165, 1.54) is 42.6 Å². The second kappa shape index (κ2) is 14.0. The summed E-state index contributed by atoms with van der Waals surface area (Å²) in [6.07, 6.45) is 5.74. The Bertz CT molecular complexity index is 1370. The number of halogens is 2. The molecule has 5 rings (SSSR count). The van der Waals surface area contributed by atoms with Crippen LogP contribution in [0.5, 0.6) is 0 Å². The maximum atomic E-state index is 13.6. The SMILES string of the molecule is C=C(N1CCC(Nc2ccc(C(=N)c3cc(F)cc(F)c3)c(C)c2)CC1)N(c1ccccc1C)C1CC1.CCC(C)C. The number of piperidine rings is 1. The zero-order chi connectivity index (χ0) is 30.4. The lowest BCUT2D eigenvalue weighted by atomic mass is 9.97. The molecule has 0 atom stereocenters. The fourth-order valence-corrected chi connectivity index (χ4v) is 5.27. The summed E-state index contributed by atoms with van der Waals surface area (Å²) in [7, 11) is 0. The Hall–Kier alpha value is -3.67. The third-order valence-corrected chi connectivity index (χ3v) is 8.26. The molecule has 42 heavy (non-hydrogen) atoms. The summed E-state index contributed by atoms with van der Waals surface area (Å²) < 4.78 is 27.3. The smallest absolute Gasteiger partial charge is 0.126 e. The first-order chi connectivity index (χ1) is 20.1. The molecule has 0 amide bonds. The molecule has 1 aliphatic carbocycles. The van der Waals surface area contributed by atoms with Gasteiger partial charge in [0, 0.05) is 53.7 Å². The number of benzene rings is 3. The fourth-order valence-electron chi connectivity index (χ4n) is 5.27. The fraction of sp³-hybridized carbons (Fsp3) is 0.417. The van der Waals surface area contributed by atoms with E-state index in [-0.39, 0.29) is 11.3 Å². The second-order valence-electron chi connectivity index (χ2n) is 12.1. The van der Waals surface area contributed by atoms with Crippen molar-refractivity contribution in [2.75, 3.05) is 23.3 Å². The molecular formula is C36H46F2N4. The monoisotopic (exact) mass is 572 g/mol. The Kier molecular flexibility index (Phi) is 10.4. The van der Waals surface area contributed by atoms with E-state index in [1.54, 1.807) is 0 Å². The number of nitrogens with one attached hydrogen (secondary N) is 2. The molecule has 1 saturated heterocycles. The van der Waals surface area contributed by atoms with E-state index in [0.29, 0.717) is 17.6 Å². The van der Waals surface area contributed by atoms with Gasteiger partial charge < -0.3 is 15.1 Å². The summed E-state index contributed by atoms with van der Waals surface area (Å²) in [5.74, 6) is 0.630. The molecule has 224 valence electrons. The van der Waals surface area contributed by atoms with Crippen molar-refractivity contribution in [3.05, 3.63) is 107 Å². The third kappa shape index (κ3) is 7.99. The van der Waals surface area contributed by atoms with Crippen molar-refractivity contribution < 1.29 is 8.78 Å². The average molecular weight is 573 g/mol. The van der Waals surface area contributed by atoms with Crippen LogP contribution in [0.15, 0.2) is 73.1 Å². The summed E-state index contributed by atoms with van der Waals surface area (Å²) in [5, 5.41) is 12.1. The average Bonchev–Trinajstić information content (AvgIpc) is 3.79. The Balaban J connectivity index is 0.000000748. The van der Waals surface area contributed by atoms with Gasteiger partial charge in [-0.3, -0.25) is 5.41 Å².